The predicted octanol–water partition coefficient (Wildman–Crippen LogP) is 7.73. The Balaban J connectivity index is 1.63. The molecule has 0 spiro atoms. The summed E-state index contributed by atoms with van der Waals surface area (Å²) in [6.45, 7) is 4.87. The number of pyridine rings is 1. The molecule has 0 saturated carbocycles. The molecule has 8 nitrogen and oxygen atoms in total. The number of anilines is 3. The predicted molar refractivity (Wildman–Crippen MR) is 166 cm³/mol. The van der Waals surface area contributed by atoms with Crippen molar-refractivity contribution in [1.29, 1.82) is 5.26 Å². The van der Waals surface area contributed by atoms with Gasteiger partial charge in [-0.15, -0.1) is 5.10 Å². The van der Waals surface area contributed by atoms with E-state index in [9.17, 15) is 9.65 Å². The zero-order valence-electron chi connectivity index (χ0n) is 23.5. The molecule has 11 heteroatoms. The highest BCUT2D eigenvalue weighted by Crippen LogP contribution is 2.38. The van der Waals surface area contributed by atoms with Gasteiger partial charge in [0, 0.05) is 34.9 Å². The topological polar surface area (TPSA) is 94.7 Å². The minimum Gasteiger partial charge on any atom is -0.371 e. The second kappa shape index (κ2) is 12.3. The molecule has 0 aliphatic carbocycles. The van der Waals surface area contributed by atoms with Gasteiger partial charge >= 0.3 is 0 Å². The summed E-state index contributed by atoms with van der Waals surface area (Å²) in [4.78, 5) is 6.75. The molecule has 1 atom stereocenters. The van der Waals surface area contributed by atoms with E-state index < -0.39 is 5.82 Å². The van der Waals surface area contributed by atoms with Crippen LogP contribution >= 0.6 is 23.2 Å². The molecule has 0 bridgehead atoms. The van der Waals surface area contributed by atoms with Crippen molar-refractivity contribution in [2.45, 2.75) is 32.5 Å². The van der Waals surface area contributed by atoms with Gasteiger partial charge in [0.25, 0.3) is 0 Å². The summed E-state index contributed by atoms with van der Waals surface area (Å²) in [6, 6.07) is 18.1. The lowest BCUT2D eigenvalue weighted by Crippen LogP contribution is -2.15. The Labute approximate surface area is 253 Å². The first-order valence-corrected chi connectivity index (χ1v) is 14.0. The van der Waals surface area contributed by atoms with Crippen LogP contribution in [0.1, 0.15) is 48.3 Å². The fourth-order valence-electron chi connectivity index (χ4n) is 4.71. The highest BCUT2D eigenvalue weighted by atomic mass is 35.5. The van der Waals surface area contributed by atoms with E-state index in [2.05, 4.69) is 49.0 Å². The van der Waals surface area contributed by atoms with E-state index in [1.807, 2.05) is 51.0 Å². The molecule has 5 rings (SSSR count). The van der Waals surface area contributed by atoms with E-state index >= 15 is 0 Å². The van der Waals surface area contributed by atoms with Gasteiger partial charge in [-0.25, -0.2) is 9.07 Å². The molecule has 0 radical (unpaired) electrons. The van der Waals surface area contributed by atoms with Crippen molar-refractivity contribution >= 4 is 51.2 Å². The van der Waals surface area contributed by atoms with Crippen LogP contribution in [0.2, 0.25) is 10.0 Å². The largest absolute Gasteiger partial charge is 0.371 e. The molecule has 0 aliphatic heterocycles. The third-order valence-corrected chi connectivity index (χ3v) is 7.19. The quantitative estimate of drug-likeness (QED) is 0.178. The van der Waals surface area contributed by atoms with E-state index in [4.69, 9.17) is 23.2 Å². The Kier molecular flexibility index (Phi) is 8.59. The molecule has 2 aromatic heterocycles. The van der Waals surface area contributed by atoms with Gasteiger partial charge in [-0.3, -0.25) is 4.98 Å². The fraction of sp³-hybridized carbons (Fsp3) is 0.226. The lowest BCUT2D eigenvalue weighted by Gasteiger charge is -2.22. The Hall–Kier alpha value is -4.23. The summed E-state index contributed by atoms with van der Waals surface area (Å²) < 4.78 is 15.6. The number of halogens is 3. The van der Waals surface area contributed by atoms with Crippen molar-refractivity contribution in [2.75, 3.05) is 24.7 Å². The molecule has 2 heterocycles. The summed E-state index contributed by atoms with van der Waals surface area (Å²) >= 11 is 12.7. The Morgan fingerprint density at radius 2 is 1.90 bits per heavy atom. The van der Waals surface area contributed by atoms with Gasteiger partial charge in [0.1, 0.15) is 17.6 Å². The van der Waals surface area contributed by atoms with E-state index in [-0.39, 0.29) is 17.1 Å². The van der Waals surface area contributed by atoms with E-state index in [0.717, 1.165) is 23.4 Å². The molecule has 5 aromatic rings. The van der Waals surface area contributed by atoms with Gasteiger partial charge in [0.2, 0.25) is 0 Å². The van der Waals surface area contributed by atoms with E-state index in [1.54, 1.807) is 18.2 Å². The van der Waals surface area contributed by atoms with Crippen LogP contribution in [0.3, 0.4) is 0 Å². The molecule has 0 aliphatic rings. The third kappa shape index (κ3) is 6.31. The minimum atomic E-state index is -0.535. The number of hydrogen-bond donors (Lipinski definition) is 2. The number of rotatable bonds is 9. The van der Waals surface area contributed by atoms with Crippen LogP contribution in [0.15, 0.2) is 67.0 Å². The highest BCUT2D eigenvalue weighted by Gasteiger charge is 2.22. The number of nitrogens with zero attached hydrogens (tertiary/aromatic N) is 6. The number of nitriles is 1. The smallest absolute Gasteiger partial charge is 0.141 e. The number of benzene rings is 3. The Bertz CT molecular complexity index is 1790. The average molecular weight is 604 g/mol. The van der Waals surface area contributed by atoms with Crippen molar-refractivity contribution in [3.05, 3.63) is 105 Å². The van der Waals surface area contributed by atoms with Gasteiger partial charge < -0.3 is 15.5 Å². The van der Waals surface area contributed by atoms with Gasteiger partial charge in [0.15, 0.2) is 0 Å². The monoisotopic (exact) mass is 602 g/mol. The molecule has 0 fully saturated rings. The molecule has 0 amide bonds. The molecule has 2 N–H and O–H groups in total. The van der Waals surface area contributed by atoms with Gasteiger partial charge in [0.05, 0.1) is 39.7 Å². The molecular weight excluding hydrogens is 574 g/mol. The molecule has 214 valence electrons. The number of fused-ring (bicyclic) bond motifs is 1. The van der Waals surface area contributed by atoms with Crippen LogP contribution in [0.4, 0.5) is 21.5 Å². The van der Waals surface area contributed by atoms with Gasteiger partial charge in [-0.2, -0.15) is 5.26 Å². The van der Waals surface area contributed by atoms with Crippen LogP contribution in [-0.2, 0) is 6.54 Å². The molecule has 0 unspecified atom stereocenters. The van der Waals surface area contributed by atoms with Crippen LogP contribution in [0.5, 0.6) is 0 Å². The molecule has 3 aromatic carbocycles. The molecule has 42 heavy (non-hydrogen) atoms. The average Bonchev–Trinajstić information content (AvgIpc) is 3.44. The fourth-order valence-corrected chi connectivity index (χ4v) is 5.11. The summed E-state index contributed by atoms with van der Waals surface area (Å²) in [5, 5.41) is 26.6. The second-order valence-electron chi connectivity index (χ2n) is 10.5. The van der Waals surface area contributed by atoms with Crippen LogP contribution in [0.25, 0.3) is 10.9 Å². The number of hydrogen-bond acceptors (Lipinski definition) is 7. The van der Waals surface area contributed by atoms with Crippen LogP contribution in [-0.4, -0.2) is 39.0 Å². The highest BCUT2D eigenvalue weighted by molar-refractivity contribution is 6.32. The Morgan fingerprint density at radius 1 is 1.10 bits per heavy atom. The lowest BCUT2D eigenvalue weighted by atomic mass is 10.00. The second-order valence-corrected chi connectivity index (χ2v) is 11.4. The van der Waals surface area contributed by atoms with Gasteiger partial charge in [-0.1, -0.05) is 52.7 Å². The maximum Gasteiger partial charge on any atom is 0.141 e. The van der Waals surface area contributed by atoms with Crippen LogP contribution in [0, 0.1) is 17.1 Å². The van der Waals surface area contributed by atoms with E-state index in [0.29, 0.717) is 38.6 Å². The SMILES string of the molecule is CC(C)n1cc([C@@H](Nc2cc(Cl)cc3c(Nc4ccc(F)c(Cl)c4)c(C#N)cnc23)c2cccc(CN(C)C)c2)nn1. The number of nitrogens with one attached hydrogen (secondary N) is 2. The van der Waals surface area contributed by atoms with Crippen molar-refractivity contribution in [3.8, 4) is 6.07 Å². The zero-order chi connectivity index (χ0) is 30.0. The molecular formula is C31H29Cl2FN8. The van der Waals surface area contributed by atoms with Crippen molar-refractivity contribution in [2.24, 2.45) is 0 Å². The first-order valence-electron chi connectivity index (χ1n) is 13.3. The van der Waals surface area contributed by atoms with Crippen molar-refractivity contribution in [3.63, 3.8) is 0 Å². The molecule has 0 saturated heterocycles. The summed E-state index contributed by atoms with van der Waals surface area (Å²) in [5.41, 5.74) is 5.38. The standard InChI is InChI=1S/C31H29Cl2FN8/c1-18(2)42-17-28(39-40-42)30(20-7-5-6-19(10-20)16-41(3)4)38-27-12-22(32)11-24-29(21(14-35)15-36-31(24)27)37-23-8-9-26(34)25(33)13-23/h5-13,15,17-18,30,38H,16H2,1-4H3,(H,36,37)/t30-/m0/s1. The summed E-state index contributed by atoms with van der Waals surface area (Å²) in [5.74, 6) is -0.535. The van der Waals surface area contributed by atoms with Crippen LogP contribution < -0.4 is 10.6 Å². The maximum absolute atomic E-state index is 13.8. The van der Waals surface area contributed by atoms with E-state index in [1.165, 1.54) is 18.3 Å². The minimum absolute atomic E-state index is 0.0361. The third-order valence-electron chi connectivity index (χ3n) is 6.68. The Morgan fingerprint density at radius 3 is 2.60 bits per heavy atom. The summed E-state index contributed by atoms with van der Waals surface area (Å²) in [6.07, 6.45) is 3.43. The number of aromatic nitrogens is 4. The van der Waals surface area contributed by atoms with Crippen molar-refractivity contribution in [1.82, 2.24) is 24.9 Å². The maximum atomic E-state index is 13.8. The normalized spacial score (nSPS) is 12.1. The lowest BCUT2D eigenvalue weighted by molar-refractivity contribution is 0.402. The van der Waals surface area contributed by atoms with Gasteiger partial charge in [-0.05, 0) is 69.4 Å². The van der Waals surface area contributed by atoms with Crippen molar-refractivity contribution < 1.29 is 4.39 Å². The first kappa shape index (κ1) is 29.3. The first-order chi connectivity index (χ1) is 20.1. The zero-order valence-corrected chi connectivity index (χ0v) is 25.0. The summed E-state index contributed by atoms with van der Waals surface area (Å²) in [7, 11) is 4.06.